The van der Waals surface area contributed by atoms with Crippen LogP contribution in [0, 0.1) is 6.92 Å². The number of H-pyrrole nitrogens is 1. The highest BCUT2D eigenvalue weighted by Crippen LogP contribution is 2.26. The Balaban J connectivity index is 2.62. The Labute approximate surface area is 88.1 Å². The monoisotopic (exact) mass is 254 g/mol. The minimum Gasteiger partial charge on any atom is -0.388 e. The van der Waals surface area contributed by atoms with Crippen LogP contribution in [0.1, 0.15) is 5.56 Å². The number of hydrogen-bond acceptors (Lipinski definition) is 3. The van der Waals surface area contributed by atoms with E-state index in [0.717, 1.165) is 15.6 Å². The van der Waals surface area contributed by atoms with Crippen LogP contribution in [0.3, 0.4) is 0 Å². The molecule has 0 aliphatic rings. The normalized spacial score (nSPS) is 10.4. The SMILES string of the molecule is Cc1c(Br)cccc1-c1n[nH]c(=O)o1. The lowest BCUT2D eigenvalue weighted by Crippen LogP contribution is -1.93. The molecule has 0 amide bonds. The van der Waals surface area contributed by atoms with Crippen molar-refractivity contribution in [3.8, 4) is 11.5 Å². The van der Waals surface area contributed by atoms with Gasteiger partial charge in [0.2, 0.25) is 5.89 Å². The highest BCUT2D eigenvalue weighted by atomic mass is 79.9. The molecule has 0 bridgehead atoms. The number of benzene rings is 1. The van der Waals surface area contributed by atoms with E-state index in [2.05, 4.69) is 26.1 Å². The van der Waals surface area contributed by atoms with Gasteiger partial charge in [0.25, 0.3) is 0 Å². The lowest BCUT2D eigenvalue weighted by molar-refractivity contribution is 0.526. The van der Waals surface area contributed by atoms with E-state index in [1.54, 1.807) is 0 Å². The molecule has 1 aromatic carbocycles. The number of halogens is 1. The minimum atomic E-state index is -0.542. The molecule has 0 fully saturated rings. The van der Waals surface area contributed by atoms with Crippen molar-refractivity contribution in [3.05, 3.63) is 38.8 Å². The van der Waals surface area contributed by atoms with Crippen LogP contribution in [0.15, 0.2) is 31.9 Å². The molecule has 0 saturated carbocycles. The summed E-state index contributed by atoms with van der Waals surface area (Å²) < 4.78 is 5.82. The molecular weight excluding hydrogens is 248 g/mol. The highest BCUT2D eigenvalue weighted by molar-refractivity contribution is 9.10. The van der Waals surface area contributed by atoms with E-state index in [-0.39, 0.29) is 0 Å². The number of aromatic nitrogens is 2. The first-order valence-corrected chi connectivity index (χ1v) is 4.79. The summed E-state index contributed by atoms with van der Waals surface area (Å²) in [7, 11) is 0. The fourth-order valence-electron chi connectivity index (χ4n) is 1.18. The van der Waals surface area contributed by atoms with Gasteiger partial charge in [-0.25, -0.2) is 9.89 Å². The Morgan fingerprint density at radius 1 is 1.50 bits per heavy atom. The Kier molecular flexibility index (Phi) is 2.25. The molecule has 1 N–H and O–H groups in total. The van der Waals surface area contributed by atoms with Crippen molar-refractivity contribution in [1.82, 2.24) is 10.2 Å². The molecule has 0 unspecified atom stereocenters. The van der Waals surface area contributed by atoms with Crippen molar-refractivity contribution in [3.63, 3.8) is 0 Å². The molecule has 1 aromatic heterocycles. The molecule has 0 aliphatic heterocycles. The third kappa shape index (κ3) is 1.50. The van der Waals surface area contributed by atoms with Crippen LogP contribution in [-0.2, 0) is 0 Å². The van der Waals surface area contributed by atoms with Crippen LogP contribution in [0.4, 0.5) is 0 Å². The maximum absolute atomic E-state index is 10.8. The first kappa shape index (κ1) is 9.21. The Morgan fingerprint density at radius 3 is 2.93 bits per heavy atom. The predicted molar refractivity (Wildman–Crippen MR) is 55.0 cm³/mol. The average molecular weight is 255 g/mol. The number of nitrogens with zero attached hydrogens (tertiary/aromatic N) is 1. The summed E-state index contributed by atoms with van der Waals surface area (Å²) >= 11 is 3.39. The van der Waals surface area contributed by atoms with Crippen LogP contribution < -0.4 is 5.76 Å². The summed E-state index contributed by atoms with van der Waals surface area (Å²) in [6, 6.07) is 5.63. The quantitative estimate of drug-likeness (QED) is 0.848. The molecule has 5 heteroatoms. The third-order valence-corrected chi connectivity index (χ3v) is 2.80. The third-order valence-electron chi connectivity index (χ3n) is 1.94. The van der Waals surface area contributed by atoms with E-state index >= 15 is 0 Å². The summed E-state index contributed by atoms with van der Waals surface area (Å²) in [5.74, 6) is -0.229. The molecule has 0 atom stereocenters. The fraction of sp³-hybridized carbons (Fsp3) is 0.111. The second-order valence-corrected chi connectivity index (χ2v) is 3.69. The lowest BCUT2D eigenvalue weighted by atomic mass is 10.1. The van der Waals surface area contributed by atoms with E-state index in [0.29, 0.717) is 5.89 Å². The Bertz CT molecular complexity index is 516. The predicted octanol–water partition coefficient (Wildman–Crippen LogP) is 2.10. The molecule has 0 saturated heterocycles. The Morgan fingerprint density at radius 2 is 2.29 bits per heavy atom. The van der Waals surface area contributed by atoms with E-state index < -0.39 is 5.76 Å². The minimum absolute atomic E-state index is 0.314. The molecule has 72 valence electrons. The molecule has 2 aromatic rings. The van der Waals surface area contributed by atoms with Crippen LogP contribution in [0.25, 0.3) is 11.5 Å². The van der Waals surface area contributed by atoms with Crippen molar-refractivity contribution < 1.29 is 4.42 Å². The first-order chi connectivity index (χ1) is 6.68. The molecule has 2 rings (SSSR count). The van der Waals surface area contributed by atoms with E-state index in [1.165, 1.54) is 0 Å². The standard InChI is InChI=1S/C9H7BrN2O2/c1-5-6(3-2-4-7(5)10)8-11-12-9(13)14-8/h2-4H,1H3,(H,12,13). The summed E-state index contributed by atoms with van der Waals surface area (Å²) in [6.45, 7) is 1.92. The van der Waals surface area contributed by atoms with Crippen LogP contribution in [-0.4, -0.2) is 10.2 Å². The van der Waals surface area contributed by atoms with Crippen molar-refractivity contribution in [2.75, 3.05) is 0 Å². The van der Waals surface area contributed by atoms with E-state index in [9.17, 15) is 4.79 Å². The largest absolute Gasteiger partial charge is 0.434 e. The summed E-state index contributed by atoms with van der Waals surface area (Å²) in [5, 5.41) is 5.99. The van der Waals surface area contributed by atoms with Crippen LogP contribution >= 0.6 is 15.9 Å². The number of rotatable bonds is 1. The van der Waals surface area contributed by atoms with Gasteiger partial charge in [0.05, 0.1) is 0 Å². The first-order valence-electron chi connectivity index (χ1n) is 3.99. The summed E-state index contributed by atoms with van der Waals surface area (Å²) in [5.41, 5.74) is 1.79. The van der Waals surface area contributed by atoms with Crippen LogP contribution in [0.5, 0.6) is 0 Å². The average Bonchev–Trinajstić information content (AvgIpc) is 2.57. The van der Waals surface area contributed by atoms with Gasteiger partial charge >= 0.3 is 5.76 Å². The highest BCUT2D eigenvalue weighted by Gasteiger charge is 2.09. The topological polar surface area (TPSA) is 58.9 Å². The molecule has 0 aliphatic carbocycles. The second kappa shape index (κ2) is 3.42. The molecule has 1 heterocycles. The second-order valence-electron chi connectivity index (χ2n) is 2.83. The van der Waals surface area contributed by atoms with Gasteiger partial charge in [-0.05, 0) is 24.6 Å². The van der Waals surface area contributed by atoms with E-state index in [1.807, 2.05) is 25.1 Å². The van der Waals surface area contributed by atoms with Gasteiger partial charge in [-0.15, -0.1) is 5.10 Å². The fourth-order valence-corrected chi connectivity index (χ4v) is 1.55. The molecule has 4 nitrogen and oxygen atoms in total. The van der Waals surface area contributed by atoms with Crippen molar-refractivity contribution in [1.29, 1.82) is 0 Å². The van der Waals surface area contributed by atoms with Gasteiger partial charge in [-0.3, -0.25) is 0 Å². The number of nitrogens with one attached hydrogen (secondary N) is 1. The smallest absolute Gasteiger partial charge is 0.388 e. The zero-order valence-corrected chi connectivity index (χ0v) is 8.96. The van der Waals surface area contributed by atoms with Gasteiger partial charge in [-0.2, -0.15) is 0 Å². The maximum atomic E-state index is 10.8. The van der Waals surface area contributed by atoms with Gasteiger partial charge in [0.15, 0.2) is 0 Å². The Hall–Kier alpha value is -1.36. The van der Waals surface area contributed by atoms with Gasteiger partial charge in [0, 0.05) is 10.0 Å². The summed E-state index contributed by atoms with van der Waals surface area (Å²) in [4.78, 5) is 10.8. The molecule has 14 heavy (non-hydrogen) atoms. The van der Waals surface area contributed by atoms with Crippen molar-refractivity contribution in [2.45, 2.75) is 6.92 Å². The number of aromatic amines is 1. The number of hydrogen-bond donors (Lipinski definition) is 1. The zero-order valence-electron chi connectivity index (χ0n) is 7.37. The van der Waals surface area contributed by atoms with E-state index in [4.69, 9.17) is 4.42 Å². The van der Waals surface area contributed by atoms with Gasteiger partial charge in [-0.1, -0.05) is 22.0 Å². The van der Waals surface area contributed by atoms with Crippen molar-refractivity contribution >= 4 is 15.9 Å². The molecule has 0 radical (unpaired) electrons. The van der Waals surface area contributed by atoms with Crippen molar-refractivity contribution in [2.24, 2.45) is 0 Å². The zero-order chi connectivity index (χ0) is 10.1. The van der Waals surface area contributed by atoms with Crippen LogP contribution in [0.2, 0.25) is 0 Å². The molecule has 0 spiro atoms. The molecular formula is C9H7BrN2O2. The summed E-state index contributed by atoms with van der Waals surface area (Å²) in [6.07, 6.45) is 0. The van der Waals surface area contributed by atoms with Gasteiger partial charge < -0.3 is 4.42 Å². The van der Waals surface area contributed by atoms with Gasteiger partial charge in [0.1, 0.15) is 0 Å². The lowest BCUT2D eigenvalue weighted by Gasteiger charge is -2.01. The maximum Gasteiger partial charge on any atom is 0.434 e.